The molecular weight excluding hydrogens is 277 g/mol. The number of ketones is 1. The minimum absolute atomic E-state index is 0.00370. The van der Waals surface area contributed by atoms with Crippen LogP contribution in [-0.4, -0.2) is 10.7 Å². The molecular formula is C15H12FNO4. The first-order chi connectivity index (χ1) is 9.88. The molecule has 0 bridgehead atoms. The summed E-state index contributed by atoms with van der Waals surface area (Å²) in [6.45, 7) is 2.89. The SMILES string of the molecule is CC(=O)c1ccc(Oc2ccc(F)c(C)c2)c([N+](=O)[O-])c1. The van der Waals surface area contributed by atoms with Crippen molar-refractivity contribution in [3.05, 3.63) is 63.5 Å². The molecule has 0 radical (unpaired) electrons. The number of nitrogens with zero attached hydrogens (tertiary/aromatic N) is 1. The molecule has 0 amide bonds. The lowest BCUT2D eigenvalue weighted by Crippen LogP contribution is -1.98. The molecule has 6 heteroatoms. The number of benzene rings is 2. The van der Waals surface area contributed by atoms with Gasteiger partial charge in [0.2, 0.25) is 5.75 Å². The topological polar surface area (TPSA) is 69.4 Å². The fraction of sp³-hybridized carbons (Fsp3) is 0.133. The minimum Gasteiger partial charge on any atom is -0.450 e. The van der Waals surface area contributed by atoms with Crippen molar-refractivity contribution in [2.24, 2.45) is 0 Å². The molecule has 0 saturated carbocycles. The molecule has 21 heavy (non-hydrogen) atoms. The number of halogens is 1. The lowest BCUT2D eigenvalue weighted by atomic mass is 10.1. The standard InChI is InChI=1S/C15H12FNO4/c1-9-7-12(4-5-13(9)16)21-15-6-3-11(10(2)18)8-14(15)17(19)20/h3-8H,1-2H3. The van der Waals surface area contributed by atoms with E-state index in [4.69, 9.17) is 4.74 Å². The second-order valence-electron chi connectivity index (χ2n) is 4.51. The zero-order valence-corrected chi connectivity index (χ0v) is 11.4. The van der Waals surface area contributed by atoms with Crippen LogP contribution in [0.2, 0.25) is 0 Å². The van der Waals surface area contributed by atoms with Crippen LogP contribution in [0.4, 0.5) is 10.1 Å². The maximum Gasteiger partial charge on any atom is 0.312 e. The molecule has 0 N–H and O–H groups in total. The van der Waals surface area contributed by atoms with Crippen LogP contribution in [0.1, 0.15) is 22.8 Å². The van der Waals surface area contributed by atoms with Gasteiger partial charge in [0.05, 0.1) is 4.92 Å². The Labute approximate surface area is 120 Å². The predicted octanol–water partition coefficient (Wildman–Crippen LogP) is 4.04. The van der Waals surface area contributed by atoms with Gasteiger partial charge in [0.15, 0.2) is 5.78 Å². The van der Waals surface area contributed by atoms with Crippen molar-refractivity contribution < 1.29 is 18.8 Å². The van der Waals surface area contributed by atoms with Gasteiger partial charge in [-0.3, -0.25) is 14.9 Å². The quantitative estimate of drug-likeness (QED) is 0.484. The highest BCUT2D eigenvalue weighted by atomic mass is 19.1. The molecule has 2 rings (SSSR count). The number of nitro groups is 1. The molecule has 0 saturated heterocycles. The van der Waals surface area contributed by atoms with E-state index >= 15 is 0 Å². The van der Waals surface area contributed by atoms with Crippen LogP contribution in [0.25, 0.3) is 0 Å². The number of hydrogen-bond donors (Lipinski definition) is 0. The minimum atomic E-state index is -0.627. The number of carbonyl (C=O) groups excluding carboxylic acids is 1. The van der Waals surface area contributed by atoms with Crippen molar-refractivity contribution in [2.45, 2.75) is 13.8 Å². The number of rotatable bonds is 4. The molecule has 0 unspecified atom stereocenters. The summed E-state index contributed by atoms with van der Waals surface area (Å²) in [5.74, 6) is -0.380. The number of Topliss-reactive ketones (excluding diaryl/α,β-unsaturated/α-hetero) is 1. The van der Waals surface area contributed by atoms with Crippen molar-refractivity contribution in [3.63, 3.8) is 0 Å². The molecule has 0 aliphatic rings. The lowest BCUT2D eigenvalue weighted by molar-refractivity contribution is -0.385. The molecule has 2 aromatic rings. The molecule has 0 fully saturated rings. The van der Waals surface area contributed by atoms with Crippen LogP contribution in [0.15, 0.2) is 36.4 Å². The van der Waals surface area contributed by atoms with Gasteiger partial charge in [-0.15, -0.1) is 0 Å². The summed E-state index contributed by atoms with van der Waals surface area (Å²) in [5, 5.41) is 11.1. The predicted molar refractivity (Wildman–Crippen MR) is 74.3 cm³/mol. The second-order valence-corrected chi connectivity index (χ2v) is 4.51. The van der Waals surface area contributed by atoms with Gasteiger partial charge in [-0.2, -0.15) is 0 Å². The van der Waals surface area contributed by atoms with E-state index in [2.05, 4.69) is 0 Å². The van der Waals surface area contributed by atoms with Gasteiger partial charge in [0.1, 0.15) is 11.6 Å². The Kier molecular flexibility index (Phi) is 3.98. The van der Waals surface area contributed by atoms with E-state index in [0.29, 0.717) is 5.56 Å². The molecule has 0 atom stereocenters. The number of carbonyl (C=O) groups is 1. The zero-order chi connectivity index (χ0) is 15.6. The molecule has 0 aromatic heterocycles. The van der Waals surface area contributed by atoms with Gasteiger partial charge >= 0.3 is 5.69 Å². The van der Waals surface area contributed by atoms with E-state index in [9.17, 15) is 19.3 Å². The van der Waals surface area contributed by atoms with E-state index in [1.807, 2.05) is 0 Å². The van der Waals surface area contributed by atoms with E-state index in [1.165, 1.54) is 37.3 Å². The first-order valence-corrected chi connectivity index (χ1v) is 6.12. The third kappa shape index (κ3) is 3.22. The Bertz CT molecular complexity index is 728. The van der Waals surface area contributed by atoms with Crippen LogP contribution in [0.5, 0.6) is 11.5 Å². The summed E-state index contributed by atoms with van der Waals surface area (Å²) < 4.78 is 18.6. The molecule has 5 nitrogen and oxygen atoms in total. The molecule has 0 spiro atoms. The highest BCUT2D eigenvalue weighted by molar-refractivity contribution is 5.95. The first-order valence-electron chi connectivity index (χ1n) is 6.12. The highest BCUT2D eigenvalue weighted by Gasteiger charge is 2.18. The zero-order valence-electron chi connectivity index (χ0n) is 11.4. The Hall–Kier alpha value is -2.76. The molecule has 108 valence electrons. The summed E-state index contributed by atoms with van der Waals surface area (Å²) in [4.78, 5) is 21.7. The van der Waals surface area contributed by atoms with Crippen molar-refractivity contribution in [2.75, 3.05) is 0 Å². The fourth-order valence-corrected chi connectivity index (χ4v) is 1.77. The van der Waals surface area contributed by atoms with Gasteiger partial charge < -0.3 is 4.74 Å². The second kappa shape index (κ2) is 5.70. The summed E-state index contributed by atoms with van der Waals surface area (Å²) >= 11 is 0. The average molecular weight is 289 g/mol. The van der Waals surface area contributed by atoms with E-state index in [1.54, 1.807) is 6.92 Å². The van der Waals surface area contributed by atoms with Gasteiger partial charge in [-0.1, -0.05) is 0 Å². The van der Waals surface area contributed by atoms with Gasteiger partial charge in [-0.05, 0) is 49.7 Å². The summed E-state index contributed by atoms with van der Waals surface area (Å²) in [6, 6.07) is 8.01. The maximum absolute atomic E-state index is 13.2. The number of ether oxygens (including phenoxy) is 1. The maximum atomic E-state index is 13.2. The fourth-order valence-electron chi connectivity index (χ4n) is 1.77. The van der Waals surface area contributed by atoms with Gasteiger partial charge in [0.25, 0.3) is 0 Å². The van der Waals surface area contributed by atoms with Crippen LogP contribution in [-0.2, 0) is 0 Å². The third-order valence-corrected chi connectivity index (χ3v) is 2.92. The van der Waals surface area contributed by atoms with Crippen LogP contribution in [0.3, 0.4) is 0 Å². The molecule has 2 aromatic carbocycles. The average Bonchev–Trinajstić information content (AvgIpc) is 2.43. The Morgan fingerprint density at radius 3 is 2.52 bits per heavy atom. The van der Waals surface area contributed by atoms with Crippen molar-refractivity contribution >= 4 is 11.5 Å². The van der Waals surface area contributed by atoms with E-state index in [0.717, 1.165) is 6.07 Å². The van der Waals surface area contributed by atoms with Crippen molar-refractivity contribution in [1.29, 1.82) is 0 Å². The monoisotopic (exact) mass is 289 g/mol. The molecule has 0 aliphatic heterocycles. The Balaban J connectivity index is 2.41. The Morgan fingerprint density at radius 2 is 1.95 bits per heavy atom. The molecule has 0 aliphatic carbocycles. The molecule has 0 heterocycles. The number of aryl methyl sites for hydroxylation is 1. The van der Waals surface area contributed by atoms with Gasteiger partial charge in [-0.25, -0.2) is 4.39 Å². The Morgan fingerprint density at radius 1 is 1.24 bits per heavy atom. The van der Waals surface area contributed by atoms with Gasteiger partial charge in [0, 0.05) is 11.6 Å². The summed E-state index contributed by atoms with van der Waals surface area (Å²) in [6.07, 6.45) is 0. The van der Waals surface area contributed by atoms with E-state index < -0.39 is 4.92 Å². The van der Waals surface area contributed by atoms with Crippen LogP contribution in [0, 0.1) is 22.9 Å². The summed E-state index contributed by atoms with van der Waals surface area (Å²) in [7, 11) is 0. The van der Waals surface area contributed by atoms with Crippen molar-refractivity contribution in [3.8, 4) is 11.5 Å². The first kappa shape index (κ1) is 14.6. The highest BCUT2D eigenvalue weighted by Crippen LogP contribution is 2.32. The smallest absolute Gasteiger partial charge is 0.312 e. The van der Waals surface area contributed by atoms with Crippen LogP contribution >= 0.6 is 0 Å². The van der Waals surface area contributed by atoms with Crippen LogP contribution < -0.4 is 4.74 Å². The largest absolute Gasteiger partial charge is 0.450 e. The van der Waals surface area contributed by atoms with Crippen molar-refractivity contribution in [1.82, 2.24) is 0 Å². The third-order valence-electron chi connectivity index (χ3n) is 2.92. The normalized spacial score (nSPS) is 10.2. The lowest BCUT2D eigenvalue weighted by Gasteiger charge is -2.08. The number of hydrogen-bond acceptors (Lipinski definition) is 4. The summed E-state index contributed by atoms with van der Waals surface area (Å²) in [5.41, 5.74) is 0.282. The number of nitro benzene ring substituents is 1. The van der Waals surface area contributed by atoms with E-state index in [-0.39, 0.29) is 34.4 Å².